The van der Waals surface area contributed by atoms with Gasteiger partial charge in [0, 0.05) is 13.1 Å². The molecule has 5 heteroatoms. The maximum atomic E-state index is 13.5. The van der Waals surface area contributed by atoms with Crippen LogP contribution in [0.4, 0.5) is 4.39 Å². The van der Waals surface area contributed by atoms with Gasteiger partial charge in [-0.2, -0.15) is 0 Å². The lowest BCUT2D eigenvalue weighted by atomic mass is 10.2. The second-order valence-corrected chi connectivity index (χ2v) is 5.64. The fourth-order valence-corrected chi connectivity index (χ4v) is 2.19. The van der Waals surface area contributed by atoms with E-state index in [1.54, 1.807) is 18.2 Å². The Kier molecular flexibility index (Phi) is 6.75. The maximum absolute atomic E-state index is 13.5. The van der Waals surface area contributed by atoms with E-state index in [1.807, 2.05) is 49.2 Å². The largest absolute Gasteiger partial charge is 0.489 e. The molecule has 0 bridgehead atoms. The molecule has 0 aliphatic carbocycles. The fourth-order valence-electron chi connectivity index (χ4n) is 2.19. The van der Waals surface area contributed by atoms with E-state index in [-0.39, 0.29) is 23.5 Å². The number of para-hydroxylation sites is 1. The molecular weight excluding hydrogens is 307 g/mol. The Balaban J connectivity index is 1.73. The summed E-state index contributed by atoms with van der Waals surface area (Å²) in [6.07, 6.45) is 0. The zero-order chi connectivity index (χ0) is 17.4. The van der Waals surface area contributed by atoms with Crippen molar-refractivity contribution in [3.8, 4) is 5.75 Å². The minimum Gasteiger partial charge on any atom is -0.489 e. The van der Waals surface area contributed by atoms with Crippen molar-refractivity contribution in [3.05, 3.63) is 66.0 Å². The number of ether oxygens (including phenoxy) is 1. The van der Waals surface area contributed by atoms with Crippen molar-refractivity contribution in [2.45, 2.75) is 19.5 Å². The summed E-state index contributed by atoms with van der Waals surface area (Å²) < 4.78 is 18.9. The SMILES string of the molecule is CC(C(=O)NCc1ccccc1)N(C)CCOc1ccccc1F. The van der Waals surface area contributed by atoms with Gasteiger partial charge in [0.25, 0.3) is 0 Å². The first kappa shape index (κ1) is 17.9. The molecule has 1 amide bonds. The molecule has 1 atom stereocenters. The summed E-state index contributed by atoms with van der Waals surface area (Å²) in [6, 6.07) is 15.8. The van der Waals surface area contributed by atoms with Crippen LogP contribution in [0.1, 0.15) is 12.5 Å². The van der Waals surface area contributed by atoms with Gasteiger partial charge in [0.1, 0.15) is 6.61 Å². The number of nitrogens with one attached hydrogen (secondary N) is 1. The van der Waals surface area contributed by atoms with Gasteiger partial charge in [0.05, 0.1) is 6.04 Å². The number of hydrogen-bond donors (Lipinski definition) is 1. The normalized spacial score (nSPS) is 12.0. The number of carbonyl (C=O) groups is 1. The van der Waals surface area contributed by atoms with Crippen molar-refractivity contribution in [2.24, 2.45) is 0 Å². The third-order valence-electron chi connectivity index (χ3n) is 3.89. The maximum Gasteiger partial charge on any atom is 0.237 e. The molecule has 0 fully saturated rings. The second kappa shape index (κ2) is 9.03. The van der Waals surface area contributed by atoms with Crippen LogP contribution in [0.5, 0.6) is 5.75 Å². The van der Waals surface area contributed by atoms with Crippen molar-refractivity contribution < 1.29 is 13.9 Å². The zero-order valence-corrected chi connectivity index (χ0v) is 14.0. The molecule has 4 nitrogen and oxygen atoms in total. The highest BCUT2D eigenvalue weighted by Crippen LogP contribution is 2.15. The van der Waals surface area contributed by atoms with Crippen molar-refractivity contribution in [1.29, 1.82) is 0 Å². The van der Waals surface area contributed by atoms with Crippen LogP contribution in [-0.4, -0.2) is 37.0 Å². The van der Waals surface area contributed by atoms with Gasteiger partial charge in [-0.15, -0.1) is 0 Å². The number of likely N-dealkylation sites (N-methyl/N-ethyl adjacent to an activating group) is 1. The predicted molar refractivity (Wildman–Crippen MR) is 92.3 cm³/mol. The lowest BCUT2D eigenvalue weighted by molar-refractivity contribution is -0.125. The molecule has 128 valence electrons. The van der Waals surface area contributed by atoms with E-state index < -0.39 is 0 Å². The van der Waals surface area contributed by atoms with Crippen LogP contribution < -0.4 is 10.1 Å². The molecule has 0 heterocycles. The van der Waals surface area contributed by atoms with Crippen molar-refractivity contribution >= 4 is 5.91 Å². The first-order valence-corrected chi connectivity index (χ1v) is 7.97. The number of rotatable bonds is 8. The average Bonchev–Trinajstić information content (AvgIpc) is 2.61. The van der Waals surface area contributed by atoms with E-state index in [0.29, 0.717) is 19.7 Å². The molecule has 2 aromatic rings. The number of amides is 1. The number of halogens is 1. The van der Waals surface area contributed by atoms with Crippen LogP contribution in [0.2, 0.25) is 0 Å². The van der Waals surface area contributed by atoms with E-state index >= 15 is 0 Å². The summed E-state index contributed by atoms with van der Waals surface area (Å²) in [5.41, 5.74) is 1.06. The van der Waals surface area contributed by atoms with Gasteiger partial charge >= 0.3 is 0 Å². The van der Waals surface area contributed by atoms with Crippen LogP contribution in [0.15, 0.2) is 54.6 Å². The van der Waals surface area contributed by atoms with E-state index in [0.717, 1.165) is 5.56 Å². The molecule has 0 aliphatic heterocycles. The number of carbonyl (C=O) groups excluding carboxylic acids is 1. The van der Waals surface area contributed by atoms with Gasteiger partial charge in [0.2, 0.25) is 5.91 Å². The van der Waals surface area contributed by atoms with Crippen molar-refractivity contribution in [3.63, 3.8) is 0 Å². The Hall–Kier alpha value is -2.40. The molecular formula is C19H23FN2O2. The molecule has 0 saturated heterocycles. The van der Waals surface area contributed by atoms with Crippen LogP contribution in [-0.2, 0) is 11.3 Å². The van der Waals surface area contributed by atoms with E-state index in [4.69, 9.17) is 4.74 Å². The predicted octanol–water partition coefficient (Wildman–Crippen LogP) is 2.84. The van der Waals surface area contributed by atoms with E-state index in [9.17, 15) is 9.18 Å². The molecule has 24 heavy (non-hydrogen) atoms. The molecule has 0 saturated carbocycles. The minimum absolute atomic E-state index is 0.0488. The zero-order valence-electron chi connectivity index (χ0n) is 14.0. The third kappa shape index (κ3) is 5.35. The second-order valence-electron chi connectivity index (χ2n) is 5.64. The smallest absolute Gasteiger partial charge is 0.237 e. The summed E-state index contributed by atoms with van der Waals surface area (Å²) in [5.74, 6) is -0.201. The van der Waals surface area contributed by atoms with Crippen molar-refractivity contribution in [2.75, 3.05) is 20.2 Å². The highest BCUT2D eigenvalue weighted by Gasteiger charge is 2.17. The third-order valence-corrected chi connectivity index (χ3v) is 3.89. The highest BCUT2D eigenvalue weighted by atomic mass is 19.1. The van der Waals surface area contributed by atoms with Crippen molar-refractivity contribution in [1.82, 2.24) is 10.2 Å². The Labute approximate surface area is 142 Å². The molecule has 2 aromatic carbocycles. The first-order valence-electron chi connectivity index (χ1n) is 7.97. The average molecular weight is 330 g/mol. The molecule has 1 unspecified atom stereocenters. The number of nitrogens with zero attached hydrogens (tertiary/aromatic N) is 1. The monoisotopic (exact) mass is 330 g/mol. The van der Waals surface area contributed by atoms with E-state index in [2.05, 4.69) is 5.32 Å². The van der Waals surface area contributed by atoms with Gasteiger partial charge in [-0.25, -0.2) is 4.39 Å². The molecule has 2 rings (SSSR count). The lowest BCUT2D eigenvalue weighted by Crippen LogP contribution is -2.44. The van der Waals surface area contributed by atoms with Crippen LogP contribution >= 0.6 is 0 Å². The quantitative estimate of drug-likeness (QED) is 0.809. The van der Waals surface area contributed by atoms with Gasteiger partial charge < -0.3 is 10.1 Å². The molecule has 0 spiro atoms. The number of benzene rings is 2. The molecule has 1 N–H and O–H groups in total. The minimum atomic E-state index is -0.381. The standard InChI is InChI=1S/C19H23FN2O2/c1-15(19(23)21-14-16-8-4-3-5-9-16)22(2)12-13-24-18-11-7-6-10-17(18)20/h3-11,15H,12-14H2,1-2H3,(H,21,23). The highest BCUT2D eigenvalue weighted by molar-refractivity contribution is 5.81. The number of hydrogen-bond acceptors (Lipinski definition) is 3. The lowest BCUT2D eigenvalue weighted by Gasteiger charge is -2.24. The summed E-state index contributed by atoms with van der Waals surface area (Å²) in [4.78, 5) is 14.1. The Morgan fingerprint density at radius 2 is 1.83 bits per heavy atom. The molecule has 0 aliphatic rings. The van der Waals surface area contributed by atoms with Gasteiger partial charge in [-0.05, 0) is 31.7 Å². The summed E-state index contributed by atoms with van der Waals surface area (Å²) >= 11 is 0. The van der Waals surface area contributed by atoms with Gasteiger partial charge in [-0.3, -0.25) is 9.69 Å². The topological polar surface area (TPSA) is 41.6 Å². The summed E-state index contributed by atoms with van der Waals surface area (Å²) in [7, 11) is 1.84. The Bertz CT molecular complexity index is 649. The molecule has 0 aromatic heterocycles. The molecule has 0 radical (unpaired) electrons. The Morgan fingerprint density at radius 1 is 1.17 bits per heavy atom. The van der Waals surface area contributed by atoms with Crippen LogP contribution in [0, 0.1) is 5.82 Å². The Morgan fingerprint density at radius 3 is 2.54 bits per heavy atom. The first-order chi connectivity index (χ1) is 11.6. The van der Waals surface area contributed by atoms with Gasteiger partial charge in [-0.1, -0.05) is 42.5 Å². The summed E-state index contributed by atoms with van der Waals surface area (Å²) in [5, 5.41) is 2.92. The summed E-state index contributed by atoms with van der Waals surface area (Å²) in [6.45, 7) is 3.18. The van der Waals surface area contributed by atoms with Gasteiger partial charge in [0.15, 0.2) is 11.6 Å². The fraction of sp³-hybridized carbons (Fsp3) is 0.316. The van der Waals surface area contributed by atoms with E-state index in [1.165, 1.54) is 6.07 Å². The van der Waals surface area contributed by atoms with Crippen LogP contribution in [0.3, 0.4) is 0 Å². The van der Waals surface area contributed by atoms with Crippen LogP contribution in [0.25, 0.3) is 0 Å².